The van der Waals surface area contributed by atoms with E-state index in [4.69, 9.17) is 0 Å². The highest BCUT2D eigenvalue weighted by molar-refractivity contribution is 8.02. The fourth-order valence-electron chi connectivity index (χ4n) is 7.54. The van der Waals surface area contributed by atoms with Crippen LogP contribution in [0.15, 0.2) is 79.9 Å². The van der Waals surface area contributed by atoms with Gasteiger partial charge in [-0.2, -0.15) is 0 Å². The van der Waals surface area contributed by atoms with E-state index in [1.54, 1.807) is 50.2 Å². The standard InChI is InChI=1S/C33H38N6O4S/c1-5-18-36(21-38-25-15-11-10-14-24(25)34-35-38)31(43)28-33-17-16-32(4,44-33)26(27(33)30(42)39(28)22(3)20-40)29(41)37(19-6-2)23-12-8-7-9-13-23/h5-15,22,26-28,40H,1-2,16-21H2,3-4H3/t22-,26-,27+,28?,32+,33?/m1/s1. The third kappa shape index (κ3) is 4.56. The van der Waals surface area contributed by atoms with Crippen molar-refractivity contribution in [1.82, 2.24) is 24.8 Å². The monoisotopic (exact) mass is 614 g/mol. The molecule has 3 amide bonds. The number of hydrogen-bond acceptors (Lipinski definition) is 7. The fraction of sp³-hybridized carbons (Fsp3) is 0.424. The molecule has 3 fully saturated rings. The highest BCUT2D eigenvalue weighted by Crippen LogP contribution is 2.72. The molecule has 6 rings (SSSR count). The Bertz CT molecular complexity index is 1610. The first-order valence-electron chi connectivity index (χ1n) is 15.0. The number of amides is 3. The lowest BCUT2D eigenvalue weighted by Crippen LogP contribution is -2.57. The predicted molar refractivity (Wildman–Crippen MR) is 171 cm³/mol. The third-order valence-corrected chi connectivity index (χ3v) is 11.5. The highest BCUT2D eigenvalue weighted by Gasteiger charge is 2.78. The smallest absolute Gasteiger partial charge is 0.248 e. The second kappa shape index (κ2) is 11.5. The van der Waals surface area contributed by atoms with E-state index in [-0.39, 0.29) is 37.5 Å². The topological polar surface area (TPSA) is 112 Å². The van der Waals surface area contributed by atoms with Crippen LogP contribution in [-0.4, -0.2) is 88.9 Å². The molecule has 11 heteroatoms. The Labute approximate surface area is 261 Å². The average Bonchev–Trinajstić information content (AvgIpc) is 3.74. The molecule has 4 heterocycles. The molecule has 1 aromatic heterocycles. The van der Waals surface area contributed by atoms with Crippen molar-refractivity contribution in [2.45, 2.75) is 54.9 Å². The van der Waals surface area contributed by atoms with E-state index >= 15 is 0 Å². The quantitative estimate of drug-likeness (QED) is 0.329. The molecule has 3 aromatic rings. The van der Waals surface area contributed by atoms with Crippen LogP contribution in [0, 0.1) is 11.8 Å². The summed E-state index contributed by atoms with van der Waals surface area (Å²) in [6.45, 7) is 11.9. The lowest BCUT2D eigenvalue weighted by molar-refractivity contribution is -0.146. The Hall–Kier alpha value is -3.96. The number of thioether (sulfide) groups is 1. The summed E-state index contributed by atoms with van der Waals surface area (Å²) in [5.74, 6) is -2.01. The molecule has 230 valence electrons. The number of rotatable bonds is 11. The molecule has 2 unspecified atom stereocenters. The van der Waals surface area contributed by atoms with Crippen molar-refractivity contribution >= 4 is 46.2 Å². The maximum absolute atomic E-state index is 14.8. The first kappa shape index (κ1) is 30.1. The number of aliphatic hydroxyl groups is 1. The van der Waals surface area contributed by atoms with Crippen molar-refractivity contribution in [3.05, 3.63) is 79.9 Å². The van der Waals surface area contributed by atoms with E-state index in [1.165, 1.54) is 0 Å². The first-order chi connectivity index (χ1) is 21.2. The summed E-state index contributed by atoms with van der Waals surface area (Å²) < 4.78 is 0.305. The Morgan fingerprint density at radius 3 is 2.50 bits per heavy atom. The van der Waals surface area contributed by atoms with Gasteiger partial charge in [0.2, 0.25) is 17.7 Å². The second-order valence-corrected chi connectivity index (χ2v) is 14.0. The number of carbonyl (C=O) groups excluding carboxylic acids is 3. The largest absolute Gasteiger partial charge is 0.394 e. The zero-order valence-electron chi connectivity index (χ0n) is 25.1. The van der Waals surface area contributed by atoms with Crippen molar-refractivity contribution in [2.75, 3.05) is 24.6 Å². The van der Waals surface area contributed by atoms with Gasteiger partial charge in [0.1, 0.15) is 18.2 Å². The zero-order valence-corrected chi connectivity index (χ0v) is 25.9. The average molecular weight is 615 g/mol. The van der Waals surface area contributed by atoms with Crippen molar-refractivity contribution < 1.29 is 19.5 Å². The summed E-state index contributed by atoms with van der Waals surface area (Å²) in [5, 5.41) is 18.8. The van der Waals surface area contributed by atoms with Gasteiger partial charge in [-0.3, -0.25) is 14.4 Å². The van der Waals surface area contributed by atoms with Crippen LogP contribution in [0.5, 0.6) is 0 Å². The number of aromatic nitrogens is 3. The van der Waals surface area contributed by atoms with Gasteiger partial charge in [-0.05, 0) is 51.0 Å². The molecule has 0 saturated carbocycles. The van der Waals surface area contributed by atoms with Crippen LogP contribution in [0.25, 0.3) is 11.0 Å². The Kier molecular flexibility index (Phi) is 7.87. The predicted octanol–water partition coefficient (Wildman–Crippen LogP) is 3.48. The molecule has 1 spiro atoms. The minimum atomic E-state index is -0.869. The summed E-state index contributed by atoms with van der Waals surface area (Å²) >= 11 is 1.61. The highest BCUT2D eigenvalue weighted by atomic mass is 32.2. The molecule has 0 radical (unpaired) electrons. The van der Waals surface area contributed by atoms with E-state index in [0.717, 1.165) is 11.2 Å². The van der Waals surface area contributed by atoms with Crippen molar-refractivity contribution in [3.63, 3.8) is 0 Å². The van der Waals surface area contributed by atoms with Crippen molar-refractivity contribution in [2.24, 2.45) is 11.8 Å². The van der Waals surface area contributed by atoms with E-state index < -0.39 is 33.4 Å². The van der Waals surface area contributed by atoms with Gasteiger partial charge in [0, 0.05) is 23.5 Å². The normalized spacial score (nSPS) is 27.8. The number of hydrogen-bond donors (Lipinski definition) is 1. The van der Waals surface area contributed by atoms with Gasteiger partial charge in [0.25, 0.3) is 0 Å². The van der Waals surface area contributed by atoms with Crippen LogP contribution in [-0.2, 0) is 21.1 Å². The number of aliphatic hydroxyl groups excluding tert-OH is 1. The molecule has 3 aliphatic rings. The molecule has 10 nitrogen and oxygen atoms in total. The molecule has 0 aliphatic carbocycles. The Morgan fingerprint density at radius 1 is 1.09 bits per heavy atom. The van der Waals surface area contributed by atoms with Crippen LogP contribution >= 0.6 is 11.8 Å². The number of likely N-dealkylation sites (tertiary alicyclic amines) is 1. The number of anilines is 1. The number of benzene rings is 2. The molecular formula is C33H38N6O4S. The number of para-hydroxylation sites is 2. The number of nitrogens with zero attached hydrogens (tertiary/aromatic N) is 6. The van der Waals surface area contributed by atoms with Crippen molar-refractivity contribution in [3.8, 4) is 0 Å². The maximum atomic E-state index is 14.8. The molecule has 2 bridgehead atoms. The zero-order chi connectivity index (χ0) is 31.2. The lowest BCUT2D eigenvalue weighted by atomic mass is 9.66. The van der Waals surface area contributed by atoms with Gasteiger partial charge in [-0.25, -0.2) is 4.68 Å². The summed E-state index contributed by atoms with van der Waals surface area (Å²) in [6.07, 6.45) is 4.64. The molecule has 44 heavy (non-hydrogen) atoms. The molecule has 6 atom stereocenters. The Balaban J connectivity index is 1.41. The number of fused-ring (bicyclic) bond motifs is 2. The van der Waals surface area contributed by atoms with Crippen LogP contribution in [0.1, 0.15) is 26.7 Å². The molecule has 3 saturated heterocycles. The maximum Gasteiger partial charge on any atom is 0.248 e. The minimum absolute atomic E-state index is 0.115. The van der Waals surface area contributed by atoms with Crippen molar-refractivity contribution in [1.29, 1.82) is 0 Å². The summed E-state index contributed by atoms with van der Waals surface area (Å²) in [7, 11) is 0. The summed E-state index contributed by atoms with van der Waals surface area (Å²) in [5.41, 5.74) is 2.23. The van der Waals surface area contributed by atoms with Crippen LogP contribution in [0.4, 0.5) is 5.69 Å². The SMILES string of the molecule is C=CCN(Cn1nnc2ccccc21)C(=O)C1N([C@H](C)CO)C(=O)[C@@H]2[C@H](C(=O)N(CC=C)c3ccccc3)[C@]3(C)CCC12S3. The van der Waals surface area contributed by atoms with E-state index in [2.05, 4.69) is 30.4 Å². The van der Waals surface area contributed by atoms with Gasteiger partial charge in [0.15, 0.2) is 0 Å². The fourth-order valence-corrected chi connectivity index (χ4v) is 9.87. The third-order valence-electron chi connectivity index (χ3n) is 9.49. The lowest BCUT2D eigenvalue weighted by Gasteiger charge is -2.39. The molecule has 3 aliphatic heterocycles. The van der Waals surface area contributed by atoms with Gasteiger partial charge in [0.05, 0.1) is 34.7 Å². The van der Waals surface area contributed by atoms with Gasteiger partial charge in [-0.1, -0.05) is 47.7 Å². The molecule has 2 aromatic carbocycles. The van der Waals surface area contributed by atoms with Gasteiger partial charge >= 0.3 is 0 Å². The van der Waals surface area contributed by atoms with Crippen LogP contribution < -0.4 is 4.90 Å². The molecule has 1 N–H and O–H groups in total. The van der Waals surface area contributed by atoms with Gasteiger partial charge in [-0.15, -0.1) is 30.0 Å². The summed E-state index contributed by atoms with van der Waals surface area (Å²) in [4.78, 5) is 48.7. The summed E-state index contributed by atoms with van der Waals surface area (Å²) in [6, 6.07) is 15.5. The Morgan fingerprint density at radius 2 is 1.80 bits per heavy atom. The molecular weight excluding hydrogens is 576 g/mol. The second-order valence-electron chi connectivity index (χ2n) is 12.1. The van der Waals surface area contributed by atoms with E-state index in [1.807, 2.05) is 54.6 Å². The van der Waals surface area contributed by atoms with Crippen LogP contribution in [0.2, 0.25) is 0 Å². The number of carbonyl (C=O) groups is 3. The minimum Gasteiger partial charge on any atom is -0.394 e. The van der Waals surface area contributed by atoms with Gasteiger partial charge < -0.3 is 19.8 Å². The van der Waals surface area contributed by atoms with E-state index in [9.17, 15) is 19.5 Å². The van der Waals surface area contributed by atoms with E-state index in [0.29, 0.717) is 24.9 Å². The van der Waals surface area contributed by atoms with Crippen LogP contribution in [0.3, 0.4) is 0 Å². The first-order valence-corrected chi connectivity index (χ1v) is 15.8.